The van der Waals surface area contributed by atoms with Gasteiger partial charge in [-0.3, -0.25) is 4.98 Å². The molecule has 0 saturated heterocycles. The Morgan fingerprint density at radius 1 is 1.31 bits per heavy atom. The summed E-state index contributed by atoms with van der Waals surface area (Å²) in [7, 11) is 0. The number of pyridine rings is 1. The molecule has 2 aromatic rings. The Balaban J connectivity index is 2.78. The van der Waals surface area contributed by atoms with E-state index in [4.69, 9.17) is 5.73 Å². The van der Waals surface area contributed by atoms with Crippen LogP contribution in [0.1, 0.15) is 18.1 Å². The van der Waals surface area contributed by atoms with E-state index >= 15 is 0 Å². The van der Waals surface area contributed by atoms with Crippen LogP contribution in [0.3, 0.4) is 0 Å². The summed E-state index contributed by atoms with van der Waals surface area (Å²) in [6.45, 7) is 7.11. The molecule has 1 aromatic carbocycles. The van der Waals surface area contributed by atoms with Gasteiger partial charge in [-0.1, -0.05) is 12.1 Å². The van der Waals surface area contributed by atoms with Crippen molar-refractivity contribution in [2.75, 3.05) is 17.6 Å². The molecule has 1 aromatic heterocycles. The second-order valence-electron chi connectivity index (χ2n) is 4.02. The van der Waals surface area contributed by atoms with E-state index in [2.05, 4.69) is 43.2 Å². The number of benzene rings is 1. The van der Waals surface area contributed by atoms with E-state index in [1.165, 1.54) is 11.1 Å². The Labute approximate surface area is 95.7 Å². The van der Waals surface area contributed by atoms with Gasteiger partial charge < -0.3 is 11.1 Å². The number of nitrogens with zero attached hydrogens (tertiary/aromatic N) is 1. The fourth-order valence-corrected chi connectivity index (χ4v) is 1.90. The largest absolute Gasteiger partial charge is 0.396 e. The summed E-state index contributed by atoms with van der Waals surface area (Å²) in [4.78, 5) is 4.42. The number of hydrogen-bond donors (Lipinski definition) is 2. The van der Waals surface area contributed by atoms with Gasteiger partial charge in [-0.2, -0.15) is 0 Å². The molecule has 16 heavy (non-hydrogen) atoms. The number of nitrogens with two attached hydrogens (primary N) is 1. The highest BCUT2D eigenvalue weighted by Gasteiger charge is 2.08. The molecule has 1 heterocycles. The fourth-order valence-electron chi connectivity index (χ4n) is 1.90. The first-order valence-electron chi connectivity index (χ1n) is 5.53. The zero-order valence-corrected chi connectivity index (χ0v) is 9.96. The Morgan fingerprint density at radius 3 is 2.75 bits per heavy atom. The monoisotopic (exact) mass is 215 g/mol. The third-order valence-corrected chi connectivity index (χ3v) is 2.95. The lowest BCUT2D eigenvalue weighted by atomic mass is 10.0. The molecule has 0 bridgehead atoms. The van der Waals surface area contributed by atoms with Crippen molar-refractivity contribution < 1.29 is 0 Å². The maximum atomic E-state index is 5.94. The number of aromatic nitrogens is 1. The molecule has 3 nitrogen and oxygen atoms in total. The number of aryl methyl sites for hydroxylation is 2. The van der Waals surface area contributed by atoms with Gasteiger partial charge in [0, 0.05) is 11.9 Å². The normalized spacial score (nSPS) is 10.7. The van der Waals surface area contributed by atoms with Gasteiger partial charge in [0.2, 0.25) is 0 Å². The van der Waals surface area contributed by atoms with E-state index in [-0.39, 0.29) is 0 Å². The number of fused-ring (bicyclic) bond motifs is 1. The van der Waals surface area contributed by atoms with Crippen molar-refractivity contribution in [1.29, 1.82) is 0 Å². The van der Waals surface area contributed by atoms with E-state index in [0.717, 1.165) is 23.1 Å². The van der Waals surface area contributed by atoms with Crippen LogP contribution in [0.15, 0.2) is 18.3 Å². The molecular weight excluding hydrogens is 198 g/mol. The summed E-state index contributed by atoms with van der Waals surface area (Å²) >= 11 is 0. The number of hydrogen-bond acceptors (Lipinski definition) is 3. The second-order valence-corrected chi connectivity index (χ2v) is 4.02. The first kappa shape index (κ1) is 10.7. The summed E-state index contributed by atoms with van der Waals surface area (Å²) in [5.74, 6) is 0. The first-order chi connectivity index (χ1) is 7.65. The van der Waals surface area contributed by atoms with Crippen LogP contribution in [-0.2, 0) is 0 Å². The first-order valence-corrected chi connectivity index (χ1v) is 5.53. The van der Waals surface area contributed by atoms with Gasteiger partial charge >= 0.3 is 0 Å². The van der Waals surface area contributed by atoms with E-state index in [1.54, 1.807) is 6.20 Å². The zero-order chi connectivity index (χ0) is 11.7. The quantitative estimate of drug-likeness (QED) is 0.810. The molecule has 0 aliphatic carbocycles. The van der Waals surface area contributed by atoms with Crippen LogP contribution in [0.4, 0.5) is 11.4 Å². The highest BCUT2D eigenvalue weighted by Crippen LogP contribution is 2.30. The lowest BCUT2D eigenvalue weighted by molar-refractivity contribution is 1.21. The number of anilines is 2. The van der Waals surface area contributed by atoms with Crippen LogP contribution in [0.2, 0.25) is 0 Å². The summed E-state index contributed by atoms with van der Waals surface area (Å²) in [6.07, 6.45) is 1.73. The molecule has 2 rings (SSSR count). The predicted octanol–water partition coefficient (Wildman–Crippen LogP) is 2.87. The summed E-state index contributed by atoms with van der Waals surface area (Å²) in [5.41, 5.74) is 11.1. The predicted molar refractivity (Wildman–Crippen MR) is 69.8 cm³/mol. The molecule has 0 radical (unpaired) electrons. The summed E-state index contributed by atoms with van der Waals surface area (Å²) < 4.78 is 0. The average molecular weight is 215 g/mol. The molecule has 0 spiro atoms. The topological polar surface area (TPSA) is 50.9 Å². The highest BCUT2D eigenvalue weighted by atomic mass is 14.9. The molecule has 0 fully saturated rings. The third-order valence-electron chi connectivity index (χ3n) is 2.95. The minimum Gasteiger partial charge on any atom is -0.396 e. The Kier molecular flexibility index (Phi) is 2.69. The van der Waals surface area contributed by atoms with Crippen LogP contribution in [-0.4, -0.2) is 11.5 Å². The fraction of sp³-hybridized carbons (Fsp3) is 0.308. The SMILES string of the molecule is CCNc1c(N)cnc2c(C)c(C)ccc12. The molecule has 0 unspecified atom stereocenters. The Bertz CT molecular complexity index is 532. The second kappa shape index (κ2) is 4.00. The Morgan fingerprint density at radius 2 is 2.06 bits per heavy atom. The molecule has 0 aliphatic rings. The van der Waals surface area contributed by atoms with Crippen LogP contribution in [0.25, 0.3) is 10.9 Å². The average Bonchev–Trinajstić information content (AvgIpc) is 2.27. The highest BCUT2D eigenvalue weighted by molar-refractivity contribution is 5.98. The lowest BCUT2D eigenvalue weighted by Crippen LogP contribution is -2.03. The third kappa shape index (κ3) is 1.58. The van der Waals surface area contributed by atoms with Crippen LogP contribution < -0.4 is 11.1 Å². The molecule has 3 heteroatoms. The molecule has 0 saturated carbocycles. The van der Waals surface area contributed by atoms with Gasteiger partial charge in [0.15, 0.2) is 0 Å². The van der Waals surface area contributed by atoms with Gasteiger partial charge in [0.1, 0.15) is 0 Å². The van der Waals surface area contributed by atoms with Crippen LogP contribution >= 0.6 is 0 Å². The maximum Gasteiger partial charge on any atom is 0.0756 e. The van der Waals surface area contributed by atoms with E-state index in [0.29, 0.717) is 5.69 Å². The molecule has 0 atom stereocenters. The lowest BCUT2D eigenvalue weighted by Gasteiger charge is -2.12. The summed E-state index contributed by atoms with van der Waals surface area (Å²) in [5, 5.41) is 4.40. The molecule has 0 amide bonds. The molecular formula is C13H17N3. The molecule has 3 N–H and O–H groups in total. The minimum absolute atomic E-state index is 0.706. The minimum atomic E-state index is 0.706. The van der Waals surface area contributed by atoms with Crippen molar-refractivity contribution in [2.24, 2.45) is 0 Å². The smallest absolute Gasteiger partial charge is 0.0756 e. The zero-order valence-electron chi connectivity index (χ0n) is 9.96. The van der Waals surface area contributed by atoms with Gasteiger partial charge in [-0.05, 0) is 31.9 Å². The number of rotatable bonds is 2. The van der Waals surface area contributed by atoms with Gasteiger partial charge in [-0.25, -0.2) is 0 Å². The molecule has 0 aliphatic heterocycles. The van der Waals surface area contributed by atoms with Gasteiger partial charge in [0.05, 0.1) is 23.1 Å². The van der Waals surface area contributed by atoms with Crippen molar-refractivity contribution in [3.8, 4) is 0 Å². The van der Waals surface area contributed by atoms with Crippen LogP contribution in [0, 0.1) is 13.8 Å². The Hall–Kier alpha value is -1.77. The van der Waals surface area contributed by atoms with Crippen molar-refractivity contribution >= 4 is 22.3 Å². The van der Waals surface area contributed by atoms with E-state index in [9.17, 15) is 0 Å². The van der Waals surface area contributed by atoms with Gasteiger partial charge in [-0.15, -0.1) is 0 Å². The molecule has 84 valence electrons. The maximum absolute atomic E-state index is 5.94. The number of nitrogen functional groups attached to an aromatic ring is 1. The van der Waals surface area contributed by atoms with Crippen molar-refractivity contribution in [3.05, 3.63) is 29.5 Å². The van der Waals surface area contributed by atoms with Crippen molar-refractivity contribution in [3.63, 3.8) is 0 Å². The van der Waals surface area contributed by atoms with Crippen molar-refractivity contribution in [2.45, 2.75) is 20.8 Å². The van der Waals surface area contributed by atoms with E-state index < -0.39 is 0 Å². The van der Waals surface area contributed by atoms with Gasteiger partial charge in [0.25, 0.3) is 0 Å². The van der Waals surface area contributed by atoms with E-state index in [1.807, 2.05) is 0 Å². The van der Waals surface area contributed by atoms with Crippen LogP contribution in [0.5, 0.6) is 0 Å². The number of nitrogens with one attached hydrogen (secondary N) is 1. The standard InChI is InChI=1S/C13H17N3/c1-4-15-13-10-6-5-8(2)9(3)12(10)16-7-11(13)14/h5-7H,4,14H2,1-3H3,(H,15,16). The van der Waals surface area contributed by atoms with Crippen molar-refractivity contribution in [1.82, 2.24) is 4.98 Å². The summed E-state index contributed by atoms with van der Waals surface area (Å²) in [6, 6.07) is 4.19.